The summed E-state index contributed by atoms with van der Waals surface area (Å²) in [6, 6.07) is 18.0. The molecule has 0 bridgehead atoms. The van der Waals surface area contributed by atoms with Crippen LogP contribution in [0.25, 0.3) is 6.08 Å². The first-order chi connectivity index (χ1) is 22.9. The fourth-order valence-corrected chi connectivity index (χ4v) is 8.31. The number of piperazine rings is 1. The number of halogens is 1. The molecule has 248 valence electrons. The zero-order valence-corrected chi connectivity index (χ0v) is 28.1. The molecule has 2 amide bonds. The lowest BCUT2D eigenvalue weighted by Crippen LogP contribution is -2.50. The minimum atomic E-state index is -0.276. The maximum atomic E-state index is 13.8. The second-order valence-electron chi connectivity index (χ2n) is 12.3. The summed E-state index contributed by atoms with van der Waals surface area (Å²) in [7, 11) is 4.83. The molecule has 6 rings (SSSR count). The highest BCUT2D eigenvalue weighted by Crippen LogP contribution is 2.43. The molecule has 47 heavy (non-hydrogen) atoms. The van der Waals surface area contributed by atoms with Gasteiger partial charge >= 0.3 is 0 Å². The lowest BCUT2D eigenvalue weighted by Gasteiger charge is -2.44. The maximum absolute atomic E-state index is 13.8. The van der Waals surface area contributed by atoms with Gasteiger partial charge in [-0.2, -0.15) is 0 Å². The minimum Gasteiger partial charge on any atom is -0.493 e. The van der Waals surface area contributed by atoms with Crippen molar-refractivity contribution in [3.05, 3.63) is 93.6 Å². The number of benzene rings is 3. The lowest BCUT2D eigenvalue weighted by molar-refractivity contribution is -0.130. The number of carbonyl (C=O) groups excluding carboxylic acids is 2. The molecule has 8 nitrogen and oxygen atoms in total. The molecule has 0 spiro atoms. The molecule has 1 saturated carbocycles. The van der Waals surface area contributed by atoms with Crippen molar-refractivity contribution in [2.24, 2.45) is 0 Å². The minimum absolute atomic E-state index is 0.00573. The van der Waals surface area contributed by atoms with E-state index < -0.39 is 0 Å². The molecule has 1 aliphatic carbocycles. The van der Waals surface area contributed by atoms with E-state index in [0.29, 0.717) is 54.2 Å². The first kappa shape index (κ1) is 32.9. The van der Waals surface area contributed by atoms with Crippen LogP contribution in [0, 0.1) is 5.82 Å². The second-order valence-corrected chi connectivity index (χ2v) is 13.5. The van der Waals surface area contributed by atoms with E-state index in [2.05, 4.69) is 4.90 Å². The van der Waals surface area contributed by atoms with Crippen molar-refractivity contribution in [3.63, 3.8) is 0 Å². The first-order valence-electron chi connectivity index (χ1n) is 16.2. The number of fused-ring (bicyclic) bond motifs is 1. The molecular weight excluding hydrogens is 617 g/mol. The number of amides is 2. The standard InChI is InChI=1S/C37H42FN3O5S/c1-44-31-17-14-28(34(45-2)35(31)46-3)24-39-18-20-40(21-19-39)36(42)27-12-8-25(9-13-27)22-33-37(43)41(23-26-10-15-29(38)16-11-26)30-6-4-5-7-32(30)47-33/h8-17,22,30,32H,4-7,18-21,23-24H2,1-3H3/b33-22-. The summed E-state index contributed by atoms with van der Waals surface area (Å²) in [5, 5.41) is 0.348. The van der Waals surface area contributed by atoms with Crippen LogP contribution in [-0.4, -0.2) is 85.3 Å². The van der Waals surface area contributed by atoms with Crippen molar-refractivity contribution in [1.82, 2.24) is 14.7 Å². The van der Waals surface area contributed by atoms with Crippen LogP contribution in [0.3, 0.4) is 0 Å². The van der Waals surface area contributed by atoms with Crippen molar-refractivity contribution >= 4 is 29.7 Å². The van der Waals surface area contributed by atoms with Crippen LogP contribution in [0.4, 0.5) is 4.39 Å². The molecule has 2 saturated heterocycles. The average molecular weight is 660 g/mol. The smallest absolute Gasteiger partial charge is 0.260 e. The monoisotopic (exact) mass is 659 g/mol. The number of rotatable bonds is 9. The van der Waals surface area contributed by atoms with E-state index in [0.717, 1.165) is 60.4 Å². The molecule has 2 aliphatic heterocycles. The highest BCUT2D eigenvalue weighted by Gasteiger charge is 2.40. The number of carbonyl (C=O) groups is 2. The van der Waals surface area contributed by atoms with Crippen LogP contribution in [0.15, 0.2) is 65.6 Å². The summed E-state index contributed by atoms with van der Waals surface area (Å²) in [6.07, 6.45) is 6.29. The molecular formula is C37H42FN3O5S. The lowest BCUT2D eigenvalue weighted by atomic mass is 9.92. The Morgan fingerprint density at radius 3 is 2.23 bits per heavy atom. The van der Waals surface area contributed by atoms with Gasteiger partial charge in [0.15, 0.2) is 11.5 Å². The van der Waals surface area contributed by atoms with Crippen LogP contribution in [0.5, 0.6) is 17.2 Å². The molecule has 3 aromatic carbocycles. The summed E-state index contributed by atoms with van der Waals surface area (Å²) >= 11 is 1.68. The number of hydrogen-bond acceptors (Lipinski definition) is 7. The van der Waals surface area contributed by atoms with Crippen LogP contribution in [-0.2, 0) is 17.9 Å². The Morgan fingerprint density at radius 1 is 0.851 bits per heavy atom. The number of thioether (sulfide) groups is 1. The third kappa shape index (κ3) is 7.28. The summed E-state index contributed by atoms with van der Waals surface area (Å²) in [4.78, 5) is 34.1. The Hall–Kier alpha value is -4.02. The summed E-state index contributed by atoms with van der Waals surface area (Å²) in [5.74, 6) is 1.61. The molecule has 0 radical (unpaired) electrons. The predicted octanol–water partition coefficient (Wildman–Crippen LogP) is 6.24. The molecule has 2 unspecified atom stereocenters. The number of hydrogen-bond donors (Lipinski definition) is 0. The summed E-state index contributed by atoms with van der Waals surface area (Å²) < 4.78 is 30.1. The first-order valence-corrected chi connectivity index (χ1v) is 17.1. The Balaban J connectivity index is 1.09. The van der Waals surface area contributed by atoms with Crippen molar-refractivity contribution in [1.29, 1.82) is 0 Å². The van der Waals surface area contributed by atoms with Crippen molar-refractivity contribution in [2.45, 2.75) is 50.1 Å². The van der Waals surface area contributed by atoms with Crippen LogP contribution in [0.1, 0.15) is 52.7 Å². The van der Waals surface area contributed by atoms with Gasteiger partial charge in [-0.25, -0.2) is 4.39 Å². The van der Waals surface area contributed by atoms with Crippen LogP contribution < -0.4 is 14.2 Å². The van der Waals surface area contributed by atoms with Crippen LogP contribution in [0.2, 0.25) is 0 Å². The normalized spacial score (nSPS) is 21.0. The fraction of sp³-hybridized carbons (Fsp3) is 0.405. The van der Waals surface area contributed by atoms with E-state index >= 15 is 0 Å². The van der Waals surface area contributed by atoms with Crippen molar-refractivity contribution in [3.8, 4) is 17.2 Å². The van der Waals surface area contributed by atoms with E-state index in [4.69, 9.17) is 14.2 Å². The summed E-state index contributed by atoms with van der Waals surface area (Å²) in [5.41, 5.74) is 3.46. The van der Waals surface area contributed by atoms with E-state index in [1.165, 1.54) is 12.1 Å². The molecule has 2 heterocycles. The van der Waals surface area contributed by atoms with Crippen molar-refractivity contribution < 1.29 is 28.2 Å². The zero-order valence-electron chi connectivity index (χ0n) is 27.2. The van der Waals surface area contributed by atoms with E-state index in [1.807, 2.05) is 52.3 Å². The fourth-order valence-electron chi connectivity index (χ4n) is 6.84. The second kappa shape index (κ2) is 14.8. The summed E-state index contributed by atoms with van der Waals surface area (Å²) in [6.45, 7) is 3.87. The van der Waals surface area contributed by atoms with E-state index in [-0.39, 0.29) is 23.7 Å². The van der Waals surface area contributed by atoms with Gasteiger partial charge in [0.1, 0.15) is 5.82 Å². The van der Waals surface area contributed by atoms with Gasteiger partial charge in [0.05, 0.1) is 26.2 Å². The zero-order chi connectivity index (χ0) is 32.9. The third-order valence-corrected chi connectivity index (χ3v) is 10.8. The van der Waals surface area contributed by atoms with Gasteiger partial charge in [-0.1, -0.05) is 43.2 Å². The van der Waals surface area contributed by atoms with Gasteiger partial charge in [0.2, 0.25) is 5.75 Å². The number of ether oxygens (including phenoxy) is 3. The third-order valence-electron chi connectivity index (χ3n) is 9.38. The van der Waals surface area contributed by atoms with Gasteiger partial charge in [0.25, 0.3) is 11.8 Å². The highest BCUT2D eigenvalue weighted by molar-refractivity contribution is 8.04. The van der Waals surface area contributed by atoms with Gasteiger partial charge < -0.3 is 24.0 Å². The topological polar surface area (TPSA) is 71.6 Å². The predicted molar refractivity (Wildman–Crippen MR) is 182 cm³/mol. The van der Waals surface area contributed by atoms with Gasteiger partial charge in [-0.3, -0.25) is 14.5 Å². The van der Waals surface area contributed by atoms with Crippen LogP contribution >= 0.6 is 11.8 Å². The van der Waals surface area contributed by atoms with E-state index in [9.17, 15) is 14.0 Å². The largest absolute Gasteiger partial charge is 0.493 e. The Bertz CT molecular complexity index is 1610. The molecule has 2 atom stereocenters. The molecule has 3 fully saturated rings. The quantitative estimate of drug-likeness (QED) is 0.252. The molecule has 0 N–H and O–H groups in total. The Labute approximate surface area is 280 Å². The van der Waals surface area contributed by atoms with E-state index in [1.54, 1.807) is 45.2 Å². The highest BCUT2D eigenvalue weighted by atomic mass is 32.2. The molecule has 10 heteroatoms. The molecule has 0 aromatic heterocycles. The average Bonchev–Trinajstić information content (AvgIpc) is 3.11. The number of nitrogens with zero attached hydrogens (tertiary/aromatic N) is 3. The Morgan fingerprint density at radius 2 is 1.55 bits per heavy atom. The maximum Gasteiger partial charge on any atom is 0.260 e. The molecule has 3 aromatic rings. The SMILES string of the molecule is COc1ccc(CN2CCN(C(=O)c3ccc(/C=C4\SC5CCCCC5N(Cc5ccc(F)cc5)C4=O)cc3)CC2)c(OC)c1OC. The van der Waals surface area contributed by atoms with Crippen molar-refractivity contribution in [2.75, 3.05) is 47.5 Å². The van der Waals surface area contributed by atoms with Gasteiger partial charge in [0, 0.05) is 61.7 Å². The molecule has 3 aliphatic rings. The Kier molecular flexibility index (Phi) is 10.4. The van der Waals surface area contributed by atoms with Gasteiger partial charge in [-0.05, 0) is 60.4 Å². The van der Waals surface area contributed by atoms with Gasteiger partial charge in [-0.15, -0.1) is 11.8 Å². The number of methoxy groups -OCH3 is 3.